The number of H-pyrrole nitrogens is 1. The van der Waals surface area contributed by atoms with Crippen molar-refractivity contribution in [2.75, 3.05) is 13.7 Å². The van der Waals surface area contributed by atoms with Crippen LogP contribution in [0.2, 0.25) is 5.02 Å². The van der Waals surface area contributed by atoms with Gasteiger partial charge in [-0.1, -0.05) is 35.9 Å². The highest BCUT2D eigenvalue weighted by atomic mass is 35.5. The number of ether oxygens (including phenoxy) is 1. The van der Waals surface area contributed by atoms with Crippen LogP contribution in [0.5, 0.6) is 5.75 Å². The molecule has 1 atom stereocenters. The minimum Gasteiger partial charge on any atom is -0.502 e. The number of carbonyl (C=O) groups is 1. The topological polar surface area (TPSA) is 95.8 Å². The van der Waals surface area contributed by atoms with Crippen LogP contribution >= 0.6 is 11.6 Å². The van der Waals surface area contributed by atoms with Crippen LogP contribution in [0.15, 0.2) is 57.7 Å². The second-order valence-electron chi connectivity index (χ2n) is 8.81. The summed E-state index contributed by atoms with van der Waals surface area (Å²) in [7, 11) is 1.43. The molecular formula is C27H24ClFN2O5. The van der Waals surface area contributed by atoms with E-state index in [4.69, 9.17) is 20.8 Å². The van der Waals surface area contributed by atoms with Crippen molar-refractivity contribution in [1.82, 2.24) is 9.88 Å². The number of hydrogen-bond donors (Lipinski definition) is 2. The Kier molecular flexibility index (Phi) is 6.55. The second kappa shape index (κ2) is 9.79. The Hall–Kier alpha value is -3.62. The molecule has 0 saturated heterocycles. The van der Waals surface area contributed by atoms with E-state index in [-0.39, 0.29) is 41.0 Å². The maximum atomic E-state index is 15.0. The Labute approximate surface area is 211 Å². The molecule has 3 heterocycles. The van der Waals surface area contributed by atoms with Crippen LogP contribution in [0.1, 0.15) is 40.7 Å². The van der Waals surface area contributed by atoms with Crippen molar-refractivity contribution in [3.63, 3.8) is 0 Å². The van der Waals surface area contributed by atoms with Crippen molar-refractivity contribution in [3.05, 3.63) is 97.9 Å². The molecule has 1 amide bonds. The minimum atomic E-state index is -1.13. The highest BCUT2D eigenvalue weighted by Gasteiger charge is 2.33. The number of nitrogens with one attached hydrogen (secondary N) is 1. The van der Waals surface area contributed by atoms with Crippen molar-refractivity contribution < 1.29 is 23.4 Å². The van der Waals surface area contributed by atoms with E-state index < -0.39 is 22.9 Å². The number of para-hydroxylation sites is 1. The zero-order valence-corrected chi connectivity index (χ0v) is 20.3. The summed E-state index contributed by atoms with van der Waals surface area (Å²) in [6.45, 7) is 0.800. The molecule has 1 aliphatic heterocycles. The number of methoxy groups -OCH3 is 1. The number of aromatic amines is 1. The molecule has 0 saturated carbocycles. The van der Waals surface area contributed by atoms with Gasteiger partial charge in [-0.3, -0.25) is 9.59 Å². The number of aromatic hydroxyl groups is 1. The summed E-state index contributed by atoms with van der Waals surface area (Å²) in [5, 5.41) is 11.8. The molecule has 0 bridgehead atoms. The maximum Gasteiger partial charge on any atom is 0.227 e. The van der Waals surface area contributed by atoms with E-state index in [0.29, 0.717) is 19.5 Å². The van der Waals surface area contributed by atoms with Crippen molar-refractivity contribution >= 4 is 28.4 Å². The molecule has 2 N–H and O–H groups in total. The summed E-state index contributed by atoms with van der Waals surface area (Å²) in [6, 6.07) is 13.2. The lowest BCUT2D eigenvalue weighted by atomic mass is 9.90. The zero-order valence-electron chi connectivity index (χ0n) is 19.5. The molecule has 9 heteroatoms. The molecule has 36 heavy (non-hydrogen) atoms. The lowest BCUT2D eigenvalue weighted by Crippen LogP contribution is -2.36. The number of carbonyl (C=O) groups excluding carboxylic acids is 1. The van der Waals surface area contributed by atoms with Crippen molar-refractivity contribution in [1.29, 1.82) is 0 Å². The molecule has 0 unspecified atom stereocenters. The van der Waals surface area contributed by atoms with E-state index in [1.165, 1.54) is 30.9 Å². The van der Waals surface area contributed by atoms with Gasteiger partial charge in [0.15, 0.2) is 5.76 Å². The monoisotopic (exact) mass is 510 g/mol. The van der Waals surface area contributed by atoms with Gasteiger partial charge in [0.1, 0.15) is 18.2 Å². The van der Waals surface area contributed by atoms with Gasteiger partial charge in [0.05, 0.1) is 12.5 Å². The summed E-state index contributed by atoms with van der Waals surface area (Å²) in [5.74, 6) is -2.86. The van der Waals surface area contributed by atoms with Crippen LogP contribution < -0.4 is 5.43 Å². The minimum absolute atomic E-state index is 0.0242. The SMILES string of the molecule is COCc1cc(=O)c(O)c([C@H](CC(=O)N2CCc3c([nH]c4ccccc34)C2)c2c(F)cccc2Cl)o1. The van der Waals surface area contributed by atoms with Gasteiger partial charge in [-0.05, 0) is 30.2 Å². The van der Waals surface area contributed by atoms with Gasteiger partial charge >= 0.3 is 0 Å². The second-order valence-corrected chi connectivity index (χ2v) is 9.22. The standard InChI is InChI=1S/C27H24ClFN2O5/c1-35-14-15-11-23(32)26(34)27(36-15)18(25-19(28)6-4-7-20(25)29)12-24(33)31-10-9-17-16-5-2-3-8-21(16)30-22(17)13-31/h2-8,11,18,30,34H,9-10,12-14H2,1H3/t18-/m1/s1. The van der Waals surface area contributed by atoms with Crippen LogP contribution in [0.4, 0.5) is 4.39 Å². The first-order valence-electron chi connectivity index (χ1n) is 11.5. The Morgan fingerprint density at radius 2 is 2.08 bits per heavy atom. The van der Waals surface area contributed by atoms with E-state index in [0.717, 1.165) is 22.7 Å². The summed E-state index contributed by atoms with van der Waals surface area (Å²) >= 11 is 6.35. The summed E-state index contributed by atoms with van der Waals surface area (Å²) in [4.78, 5) is 31.0. The van der Waals surface area contributed by atoms with Crippen LogP contribution in [-0.4, -0.2) is 34.6 Å². The van der Waals surface area contributed by atoms with E-state index in [1.54, 1.807) is 4.90 Å². The summed E-state index contributed by atoms with van der Waals surface area (Å²) in [6.07, 6.45) is 0.406. The van der Waals surface area contributed by atoms with Crippen molar-refractivity contribution in [3.8, 4) is 5.75 Å². The smallest absolute Gasteiger partial charge is 0.227 e. The molecule has 5 rings (SSSR count). The number of halogens is 2. The van der Waals surface area contributed by atoms with Crippen LogP contribution in [0.3, 0.4) is 0 Å². The highest BCUT2D eigenvalue weighted by Crippen LogP contribution is 2.39. The Morgan fingerprint density at radius 3 is 2.86 bits per heavy atom. The molecule has 0 aliphatic carbocycles. The largest absolute Gasteiger partial charge is 0.502 e. The molecule has 0 radical (unpaired) electrons. The predicted molar refractivity (Wildman–Crippen MR) is 133 cm³/mol. The number of nitrogens with zero attached hydrogens (tertiary/aromatic N) is 1. The van der Waals surface area contributed by atoms with E-state index >= 15 is 4.39 Å². The molecule has 1 aliphatic rings. The maximum absolute atomic E-state index is 15.0. The van der Waals surface area contributed by atoms with E-state index in [2.05, 4.69) is 11.1 Å². The molecule has 2 aromatic heterocycles. The van der Waals surface area contributed by atoms with Gasteiger partial charge in [-0.2, -0.15) is 0 Å². The summed E-state index contributed by atoms with van der Waals surface area (Å²) < 4.78 is 25.8. The predicted octanol–water partition coefficient (Wildman–Crippen LogP) is 4.87. The van der Waals surface area contributed by atoms with Gasteiger partial charge < -0.3 is 24.1 Å². The Balaban J connectivity index is 1.51. The highest BCUT2D eigenvalue weighted by molar-refractivity contribution is 6.31. The van der Waals surface area contributed by atoms with Crippen LogP contribution in [0, 0.1) is 5.82 Å². The van der Waals surface area contributed by atoms with Crippen LogP contribution in [-0.2, 0) is 29.1 Å². The van der Waals surface area contributed by atoms with E-state index in [9.17, 15) is 14.7 Å². The van der Waals surface area contributed by atoms with Gasteiger partial charge in [-0.15, -0.1) is 0 Å². The first-order valence-corrected chi connectivity index (χ1v) is 11.9. The summed E-state index contributed by atoms with van der Waals surface area (Å²) in [5.41, 5.74) is 2.40. The van der Waals surface area contributed by atoms with Crippen LogP contribution in [0.25, 0.3) is 10.9 Å². The fourth-order valence-corrected chi connectivity index (χ4v) is 5.18. The molecule has 186 valence electrons. The quantitative estimate of drug-likeness (QED) is 0.386. The third-order valence-electron chi connectivity index (χ3n) is 6.57. The molecule has 7 nitrogen and oxygen atoms in total. The Morgan fingerprint density at radius 1 is 1.28 bits per heavy atom. The molecule has 2 aromatic carbocycles. The zero-order chi connectivity index (χ0) is 25.4. The lowest BCUT2D eigenvalue weighted by molar-refractivity contribution is -0.132. The Bertz CT molecular complexity index is 1490. The van der Waals surface area contributed by atoms with Gasteiger partial charge in [0, 0.05) is 53.3 Å². The lowest BCUT2D eigenvalue weighted by Gasteiger charge is -2.29. The fourth-order valence-electron chi connectivity index (χ4n) is 4.88. The average Bonchev–Trinajstić information content (AvgIpc) is 3.23. The molecule has 4 aromatic rings. The number of aromatic nitrogens is 1. The fraction of sp³-hybridized carbons (Fsp3) is 0.259. The number of rotatable bonds is 6. The number of fused-ring (bicyclic) bond motifs is 3. The van der Waals surface area contributed by atoms with Gasteiger partial charge in [-0.25, -0.2) is 4.39 Å². The number of amides is 1. The average molecular weight is 511 g/mol. The first-order chi connectivity index (χ1) is 17.4. The number of hydrogen-bond acceptors (Lipinski definition) is 5. The third-order valence-corrected chi connectivity index (χ3v) is 6.89. The van der Waals surface area contributed by atoms with Crippen molar-refractivity contribution in [2.24, 2.45) is 0 Å². The first kappa shape index (κ1) is 24.1. The van der Waals surface area contributed by atoms with Crippen molar-refractivity contribution in [2.45, 2.75) is 31.9 Å². The van der Waals surface area contributed by atoms with Gasteiger partial charge in [0.2, 0.25) is 17.1 Å². The number of benzene rings is 2. The normalized spacial score (nSPS) is 14.1. The third kappa shape index (κ3) is 4.38. The molecule has 0 spiro atoms. The molecule has 0 fully saturated rings. The van der Waals surface area contributed by atoms with E-state index in [1.807, 2.05) is 18.2 Å². The molecular weight excluding hydrogens is 487 g/mol. The van der Waals surface area contributed by atoms with Gasteiger partial charge in [0.25, 0.3) is 0 Å².